The summed E-state index contributed by atoms with van der Waals surface area (Å²) in [6.45, 7) is 1.68. The van der Waals surface area contributed by atoms with Gasteiger partial charge in [-0.1, -0.05) is 12.1 Å². The Bertz CT molecular complexity index is 960. The SMILES string of the molecule is CN(C)C1CCN(c2nc(-c3ccccc3O)nc3ccc(F)cc23)C1. The second-order valence-corrected chi connectivity index (χ2v) is 6.90. The normalized spacial score (nSPS) is 17.4. The first-order valence-corrected chi connectivity index (χ1v) is 8.70. The van der Waals surface area contributed by atoms with E-state index in [1.54, 1.807) is 24.3 Å². The van der Waals surface area contributed by atoms with E-state index < -0.39 is 0 Å². The highest BCUT2D eigenvalue weighted by Crippen LogP contribution is 2.33. The van der Waals surface area contributed by atoms with E-state index >= 15 is 0 Å². The quantitative estimate of drug-likeness (QED) is 0.784. The van der Waals surface area contributed by atoms with Crippen LogP contribution in [0.3, 0.4) is 0 Å². The third-order valence-electron chi connectivity index (χ3n) is 4.98. The van der Waals surface area contributed by atoms with Crippen LogP contribution in [0.2, 0.25) is 0 Å². The third-order valence-corrected chi connectivity index (χ3v) is 4.98. The molecule has 2 heterocycles. The summed E-state index contributed by atoms with van der Waals surface area (Å²) >= 11 is 0. The topological polar surface area (TPSA) is 52.5 Å². The smallest absolute Gasteiger partial charge is 0.165 e. The Kier molecular flexibility index (Phi) is 4.20. The number of benzene rings is 2. The molecular formula is C20H21FN4O. The van der Waals surface area contributed by atoms with Crippen molar-refractivity contribution in [1.29, 1.82) is 0 Å². The summed E-state index contributed by atoms with van der Waals surface area (Å²) in [7, 11) is 4.14. The molecule has 1 unspecified atom stereocenters. The molecule has 0 amide bonds. The number of anilines is 1. The third kappa shape index (κ3) is 2.97. The Morgan fingerprint density at radius 2 is 1.96 bits per heavy atom. The molecule has 5 nitrogen and oxygen atoms in total. The molecule has 3 aromatic rings. The Morgan fingerprint density at radius 3 is 2.69 bits per heavy atom. The fourth-order valence-corrected chi connectivity index (χ4v) is 3.46. The van der Waals surface area contributed by atoms with Crippen molar-refractivity contribution in [2.24, 2.45) is 0 Å². The zero-order valence-corrected chi connectivity index (χ0v) is 14.9. The summed E-state index contributed by atoms with van der Waals surface area (Å²) in [5.41, 5.74) is 1.24. The second-order valence-electron chi connectivity index (χ2n) is 6.90. The monoisotopic (exact) mass is 352 g/mol. The predicted molar refractivity (Wildman–Crippen MR) is 101 cm³/mol. The van der Waals surface area contributed by atoms with E-state index in [9.17, 15) is 9.50 Å². The molecule has 0 saturated carbocycles. The van der Waals surface area contributed by atoms with Crippen LogP contribution in [0.25, 0.3) is 22.3 Å². The zero-order valence-electron chi connectivity index (χ0n) is 14.9. The first-order chi connectivity index (χ1) is 12.5. The minimum absolute atomic E-state index is 0.132. The number of halogens is 1. The van der Waals surface area contributed by atoms with Crippen molar-refractivity contribution in [3.05, 3.63) is 48.3 Å². The Balaban J connectivity index is 1.87. The van der Waals surface area contributed by atoms with Gasteiger partial charge in [0.05, 0.1) is 11.1 Å². The van der Waals surface area contributed by atoms with Gasteiger partial charge < -0.3 is 14.9 Å². The molecule has 26 heavy (non-hydrogen) atoms. The first kappa shape index (κ1) is 16.7. The Hall–Kier alpha value is -2.73. The van der Waals surface area contributed by atoms with Crippen LogP contribution >= 0.6 is 0 Å². The molecule has 1 N–H and O–H groups in total. The lowest BCUT2D eigenvalue weighted by molar-refractivity contribution is 0.315. The Labute approximate surface area is 151 Å². The van der Waals surface area contributed by atoms with Crippen molar-refractivity contribution in [2.45, 2.75) is 12.5 Å². The summed E-state index contributed by atoms with van der Waals surface area (Å²) in [6.07, 6.45) is 1.03. The van der Waals surface area contributed by atoms with Gasteiger partial charge in [-0.25, -0.2) is 14.4 Å². The molecule has 1 saturated heterocycles. The number of aromatic hydroxyl groups is 1. The fraction of sp³-hybridized carbons (Fsp3) is 0.300. The van der Waals surface area contributed by atoms with Gasteiger partial charge in [0.15, 0.2) is 5.82 Å². The molecule has 4 rings (SSSR count). The summed E-state index contributed by atoms with van der Waals surface area (Å²) in [4.78, 5) is 13.7. The maximum atomic E-state index is 13.9. The van der Waals surface area contributed by atoms with E-state index in [4.69, 9.17) is 4.98 Å². The van der Waals surface area contributed by atoms with Gasteiger partial charge in [0.1, 0.15) is 17.4 Å². The summed E-state index contributed by atoms with van der Waals surface area (Å²) in [5, 5.41) is 10.9. The largest absolute Gasteiger partial charge is 0.507 e. The van der Waals surface area contributed by atoms with Gasteiger partial charge >= 0.3 is 0 Å². The summed E-state index contributed by atoms with van der Waals surface area (Å²) in [5.74, 6) is 0.996. The number of nitrogens with zero attached hydrogens (tertiary/aromatic N) is 4. The number of phenols is 1. The maximum Gasteiger partial charge on any atom is 0.165 e. The molecule has 0 radical (unpaired) electrons. The maximum absolute atomic E-state index is 13.9. The number of phenolic OH excluding ortho intramolecular Hbond substituents is 1. The standard InChI is InChI=1S/C20H21FN4O/c1-24(2)14-9-10-25(12-14)20-16-11-13(21)7-8-17(16)22-19(23-20)15-5-3-4-6-18(15)26/h3-8,11,14,26H,9-10,12H2,1-2H3. The van der Waals surface area contributed by atoms with Crippen LogP contribution in [-0.4, -0.2) is 53.2 Å². The number of para-hydroxylation sites is 1. The lowest BCUT2D eigenvalue weighted by Crippen LogP contribution is -2.31. The molecule has 1 atom stereocenters. The molecular weight excluding hydrogens is 331 g/mol. The van der Waals surface area contributed by atoms with Crippen molar-refractivity contribution < 1.29 is 9.50 Å². The summed E-state index contributed by atoms with van der Waals surface area (Å²) in [6, 6.07) is 12.0. The number of aromatic nitrogens is 2. The Morgan fingerprint density at radius 1 is 1.15 bits per heavy atom. The molecule has 2 aromatic carbocycles. The molecule has 134 valence electrons. The van der Waals surface area contributed by atoms with Gasteiger partial charge in [0, 0.05) is 24.5 Å². The van der Waals surface area contributed by atoms with Crippen LogP contribution in [0.15, 0.2) is 42.5 Å². The van der Waals surface area contributed by atoms with E-state index in [0.29, 0.717) is 28.3 Å². The molecule has 0 bridgehead atoms. The average molecular weight is 352 g/mol. The van der Waals surface area contributed by atoms with Crippen LogP contribution in [-0.2, 0) is 0 Å². The number of rotatable bonds is 3. The fourth-order valence-electron chi connectivity index (χ4n) is 3.46. The lowest BCUT2D eigenvalue weighted by atomic mass is 10.1. The lowest BCUT2D eigenvalue weighted by Gasteiger charge is -2.22. The van der Waals surface area contributed by atoms with E-state index in [1.165, 1.54) is 12.1 Å². The van der Waals surface area contributed by atoms with E-state index in [-0.39, 0.29) is 11.6 Å². The van der Waals surface area contributed by atoms with Gasteiger partial charge in [0.25, 0.3) is 0 Å². The van der Waals surface area contributed by atoms with E-state index in [1.807, 2.05) is 6.07 Å². The van der Waals surface area contributed by atoms with Crippen molar-refractivity contribution in [3.8, 4) is 17.1 Å². The van der Waals surface area contributed by atoms with Gasteiger partial charge in [-0.15, -0.1) is 0 Å². The highest BCUT2D eigenvalue weighted by Gasteiger charge is 2.27. The zero-order chi connectivity index (χ0) is 18.3. The molecule has 6 heteroatoms. The number of hydrogen-bond acceptors (Lipinski definition) is 5. The molecule has 1 aliphatic rings. The number of likely N-dealkylation sites (N-methyl/N-ethyl adjacent to an activating group) is 1. The predicted octanol–water partition coefficient (Wildman–Crippen LogP) is 3.28. The molecule has 1 fully saturated rings. The van der Waals surface area contributed by atoms with Crippen LogP contribution in [0.5, 0.6) is 5.75 Å². The van der Waals surface area contributed by atoms with Crippen LogP contribution in [0, 0.1) is 5.82 Å². The van der Waals surface area contributed by atoms with Gasteiger partial charge in [-0.05, 0) is 50.8 Å². The van der Waals surface area contributed by atoms with Crippen LogP contribution in [0.1, 0.15) is 6.42 Å². The molecule has 0 aliphatic carbocycles. The van der Waals surface area contributed by atoms with E-state index in [2.05, 4.69) is 28.9 Å². The average Bonchev–Trinajstić information content (AvgIpc) is 3.11. The van der Waals surface area contributed by atoms with Crippen molar-refractivity contribution >= 4 is 16.7 Å². The van der Waals surface area contributed by atoms with E-state index in [0.717, 1.165) is 25.3 Å². The minimum atomic E-state index is -0.305. The number of hydrogen-bond donors (Lipinski definition) is 1. The molecule has 1 aromatic heterocycles. The molecule has 0 spiro atoms. The van der Waals surface area contributed by atoms with Crippen molar-refractivity contribution in [1.82, 2.24) is 14.9 Å². The van der Waals surface area contributed by atoms with Gasteiger partial charge in [-0.3, -0.25) is 0 Å². The molecule has 1 aliphatic heterocycles. The van der Waals surface area contributed by atoms with Crippen LogP contribution in [0.4, 0.5) is 10.2 Å². The highest BCUT2D eigenvalue weighted by molar-refractivity contribution is 5.91. The van der Waals surface area contributed by atoms with Crippen molar-refractivity contribution in [2.75, 3.05) is 32.1 Å². The van der Waals surface area contributed by atoms with Crippen LogP contribution < -0.4 is 4.90 Å². The number of fused-ring (bicyclic) bond motifs is 1. The minimum Gasteiger partial charge on any atom is -0.507 e. The van der Waals surface area contributed by atoms with Gasteiger partial charge in [-0.2, -0.15) is 0 Å². The van der Waals surface area contributed by atoms with Gasteiger partial charge in [0.2, 0.25) is 0 Å². The highest BCUT2D eigenvalue weighted by atomic mass is 19.1. The first-order valence-electron chi connectivity index (χ1n) is 8.70. The van der Waals surface area contributed by atoms with Crippen molar-refractivity contribution in [3.63, 3.8) is 0 Å². The summed E-state index contributed by atoms with van der Waals surface area (Å²) < 4.78 is 13.9. The second kappa shape index (κ2) is 6.53.